The number of hydrogen-bond acceptors (Lipinski definition) is 29. The second kappa shape index (κ2) is 35.2. The largest absolute Gasteiger partial charge is 0.456 e. The molecule has 8 aliphatic rings. The van der Waals surface area contributed by atoms with Crippen LogP contribution in [0, 0.1) is 28.6 Å². The maximum Gasteiger partial charge on any atom is 0.408 e. The summed E-state index contributed by atoms with van der Waals surface area (Å²) >= 11 is 0. The van der Waals surface area contributed by atoms with Gasteiger partial charge in [-0.05, 0) is 211 Å². The molecule has 1 aromatic rings. The number of amides is 6. The van der Waals surface area contributed by atoms with E-state index in [2.05, 4.69) is 62.1 Å². The highest BCUT2D eigenvalue weighted by molar-refractivity contribution is 5.83. The van der Waals surface area contributed by atoms with Gasteiger partial charge in [0.2, 0.25) is 0 Å². The normalized spacial score (nSPS) is 35.9. The van der Waals surface area contributed by atoms with E-state index in [1.807, 2.05) is 0 Å². The lowest BCUT2D eigenvalue weighted by atomic mass is 9.48. The number of aliphatic hydroxyl groups excluding tert-OH is 7. The summed E-state index contributed by atoms with van der Waals surface area (Å²) in [6, 6.07) is -6.60. The highest BCUT2D eigenvalue weighted by atomic mass is 16.8. The third-order valence-electron chi connectivity index (χ3n) is 21.5. The summed E-state index contributed by atoms with van der Waals surface area (Å²) in [5.74, 6) is 0.679. The number of carbonyl (C=O) groups excluding carboxylic acids is 7. The average molecular weight is 1610 g/mol. The Hall–Kier alpha value is -6.81. The minimum Gasteiger partial charge on any atom is -0.456 e. The van der Waals surface area contributed by atoms with Gasteiger partial charge >= 0.3 is 42.5 Å². The Bertz CT molecular complexity index is 3550. The van der Waals surface area contributed by atoms with Crippen molar-refractivity contribution in [2.24, 2.45) is 28.6 Å². The number of aliphatic hydroxyl groups is 7. The fourth-order valence-corrected chi connectivity index (χ4v) is 16.7. The molecule has 6 amide bonds. The summed E-state index contributed by atoms with van der Waals surface area (Å²) in [5, 5.41) is 108. The van der Waals surface area contributed by atoms with Gasteiger partial charge in [-0.2, -0.15) is 0 Å². The van der Waals surface area contributed by atoms with E-state index in [-0.39, 0.29) is 29.2 Å². The summed E-state index contributed by atoms with van der Waals surface area (Å²) in [5.41, 5.74) is -4.17. The molecule has 7 fully saturated rings. The first-order valence-corrected chi connectivity index (χ1v) is 39.2. The van der Waals surface area contributed by atoms with Crippen LogP contribution in [0.25, 0.3) is 0 Å². The molecule has 0 aromatic carbocycles. The summed E-state index contributed by atoms with van der Waals surface area (Å²) in [7, 11) is 0. The van der Waals surface area contributed by atoms with Gasteiger partial charge in [0.15, 0.2) is 18.9 Å². The first-order valence-electron chi connectivity index (χ1n) is 39.2. The topological polar surface area (TPSA) is 484 Å². The lowest BCUT2D eigenvalue weighted by Gasteiger charge is -2.57. The lowest BCUT2D eigenvalue weighted by molar-refractivity contribution is -0.311. The summed E-state index contributed by atoms with van der Waals surface area (Å²) in [6.07, 6.45) is -23.1. The van der Waals surface area contributed by atoms with Gasteiger partial charge in [-0.25, -0.2) is 38.2 Å². The molecule has 113 heavy (non-hydrogen) atoms. The minimum atomic E-state index is -2.12. The van der Waals surface area contributed by atoms with Gasteiger partial charge in [0.1, 0.15) is 131 Å². The molecule has 0 radical (unpaired) electrons. The third-order valence-corrected chi connectivity index (χ3v) is 21.5. The van der Waals surface area contributed by atoms with Crippen molar-refractivity contribution in [3.8, 4) is 0 Å². The van der Waals surface area contributed by atoms with Crippen LogP contribution in [-0.2, 0) is 79.5 Å². The summed E-state index contributed by atoms with van der Waals surface area (Å²) < 4.78 is 80.2. The smallest absolute Gasteiger partial charge is 0.408 e. The van der Waals surface area contributed by atoms with Gasteiger partial charge < -0.3 is 129 Å². The predicted octanol–water partition coefficient (Wildman–Crippen LogP) is 5.09. The Labute approximate surface area is 660 Å². The number of nitrogens with one attached hydrogen (secondary N) is 6. The quantitative estimate of drug-likeness (QED) is 0.0371. The molecule has 3 aliphatic heterocycles. The molecule has 0 bridgehead atoms. The van der Waals surface area contributed by atoms with Crippen molar-refractivity contribution in [3.05, 3.63) is 35.2 Å². The highest BCUT2D eigenvalue weighted by Crippen LogP contribution is 2.66. The van der Waals surface area contributed by atoms with Crippen molar-refractivity contribution in [1.29, 1.82) is 0 Å². The van der Waals surface area contributed by atoms with E-state index in [4.69, 9.17) is 61.6 Å². The number of ether oxygens (including phenoxy) is 13. The summed E-state index contributed by atoms with van der Waals surface area (Å²) in [4.78, 5) is 95.9. The van der Waals surface area contributed by atoms with Crippen LogP contribution in [0.15, 0.2) is 29.5 Å². The van der Waals surface area contributed by atoms with Crippen LogP contribution >= 0.6 is 0 Å². The number of nitrogens with zero attached hydrogens (tertiary/aromatic N) is 3. The zero-order chi connectivity index (χ0) is 83.8. The van der Waals surface area contributed by atoms with Gasteiger partial charge in [0, 0.05) is 19.2 Å². The average Bonchev–Trinajstić information content (AvgIpc) is 1.65. The first-order chi connectivity index (χ1) is 52.1. The lowest BCUT2D eigenvalue weighted by Crippen LogP contribution is -2.70. The van der Waals surface area contributed by atoms with Crippen LogP contribution in [0.1, 0.15) is 202 Å². The van der Waals surface area contributed by atoms with E-state index in [9.17, 15) is 69.3 Å². The Morgan fingerprint density at radius 2 is 0.956 bits per heavy atom. The van der Waals surface area contributed by atoms with Crippen molar-refractivity contribution in [3.63, 3.8) is 0 Å². The fraction of sp³-hybridized carbons (Fsp3) is 0.831. The van der Waals surface area contributed by atoms with E-state index in [0.29, 0.717) is 24.2 Å². The third kappa shape index (κ3) is 23.7. The van der Waals surface area contributed by atoms with Crippen molar-refractivity contribution in [2.45, 2.75) is 365 Å². The molecular formula is C77H125N9O27. The van der Waals surface area contributed by atoms with Crippen LogP contribution in [0.4, 0.5) is 28.8 Å². The molecule has 4 heterocycles. The van der Waals surface area contributed by atoms with Crippen LogP contribution in [0.5, 0.6) is 0 Å². The van der Waals surface area contributed by atoms with E-state index < -0.39 is 218 Å². The number of alkyl carbamates (subject to hydrolysis) is 6. The molecular weight excluding hydrogens is 1480 g/mol. The van der Waals surface area contributed by atoms with E-state index in [1.54, 1.807) is 131 Å². The molecule has 640 valence electrons. The van der Waals surface area contributed by atoms with Crippen molar-refractivity contribution in [1.82, 2.24) is 46.9 Å². The zero-order valence-corrected chi connectivity index (χ0v) is 68.8. The standard InChI is InChI=1S/C77H125N9O27/c1-70(2,3)108-64(95)78-32-46-53(90)55(92)50(82-68(99)112-74(13,14)15)61(102-46)105-58-45(81-67(98)111-73(10,11)12)31-44(80-66(97)110-72(7,8)9)52(89)60(58)107-63-57(94)59(106-62-51(83-69(100)113-75(16,17)18)56(93)54(91)47(103-62)33-79-65(96)109-71(4,5)6)48(104-63)35-86-34-39(84-85-86)36-101-49(88)30-38-22-24-42-41-23-21-37-29-40(87)25-27-76(37,19)43(41)26-28-77(38,42)20/h21,30,34,40-48,50-63,87,89-94H,22-29,31-33,35-36H2,1-20H3,(H,78,95)(H,79,96)(H,80,97)(H,81,98)(H,82,99)(H,83,100)/b38-30+/t40-,41-,42-,43-,44+,45-,46+,47-,48+,50+,51+,52-,53+,54+,55+,56+,57+,58+,59+,60+,61+,62+,63-,76-,77+/m0/s1. The maximum absolute atomic E-state index is 14.2. The van der Waals surface area contributed by atoms with Crippen molar-refractivity contribution < 1.29 is 131 Å². The number of carbonyl (C=O) groups is 7. The van der Waals surface area contributed by atoms with Crippen molar-refractivity contribution >= 4 is 42.5 Å². The van der Waals surface area contributed by atoms with Gasteiger partial charge in [-0.15, -0.1) is 5.10 Å². The molecule has 0 spiro atoms. The molecule has 36 heteroatoms. The number of hydrogen-bond donors (Lipinski definition) is 13. The Balaban J connectivity index is 1.08. The van der Waals surface area contributed by atoms with Gasteiger partial charge in [-0.1, -0.05) is 36.3 Å². The number of esters is 1. The first kappa shape index (κ1) is 90.1. The second-order valence-corrected chi connectivity index (χ2v) is 37.6. The second-order valence-electron chi connectivity index (χ2n) is 37.6. The molecule has 36 nitrogen and oxygen atoms in total. The molecule has 9 rings (SSSR count). The van der Waals surface area contributed by atoms with Crippen molar-refractivity contribution in [2.75, 3.05) is 13.1 Å². The van der Waals surface area contributed by atoms with E-state index in [1.165, 1.54) is 16.5 Å². The van der Waals surface area contributed by atoms with Gasteiger partial charge in [0.05, 0.1) is 30.9 Å². The van der Waals surface area contributed by atoms with Crippen LogP contribution in [0.3, 0.4) is 0 Å². The van der Waals surface area contributed by atoms with Crippen LogP contribution in [0.2, 0.25) is 0 Å². The number of fused-ring (bicyclic) bond motifs is 5. The SMILES string of the molecule is CC(C)(C)OC(=O)NC[C@@H]1O[C@H](O[C@H]2[C@@H](O)[C@H](O[C@@H]3[C@@H](O)[C@H](NC(=O)OC(C)(C)C)C[C@H](NC(=O)OC(C)(C)C)[C@H]3O[C@H]3O[C@H](CNC(=O)OC(C)(C)C)[C@@H](O)[C@H](O)[C@H]3NC(=O)OC(C)(C)C)O[C@@H]2Cn2cc(COC(=O)/C=C3\CC[C@H]4[C@@H]5CC=C6C[C@@H](O)CC[C@]6(C)[C@H]5CC[C@]34C)nn2)[C@H](NC(=O)OC(C)(C)C)[C@@H](O)[C@@H]1O. The minimum absolute atomic E-state index is 0.0338. The Morgan fingerprint density at radius 3 is 1.46 bits per heavy atom. The van der Waals surface area contributed by atoms with Crippen LogP contribution in [-0.4, -0.2) is 262 Å². The molecule has 4 saturated carbocycles. The predicted molar refractivity (Wildman–Crippen MR) is 398 cm³/mol. The zero-order valence-electron chi connectivity index (χ0n) is 68.8. The highest BCUT2D eigenvalue weighted by Gasteiger charge is 2.60. The maximum atomic E-state index is 14.2. The number of rotatable bonds is 19. The number of aromatic nitrogens is 3. The Morgan fingerprint density at radius 1 is 0.513 bits per heavy atom. The molecule has 13 N–H and O–H groups in total. The van der Waals surface area contributed by atoms with Gasteiger partial charge in [-0.3, -0.25) is 0 Å². The molecule has 0 unspecified atom stereocenters. The monoisotopic (exact) mass is 1610 g/mol. The molecule has 5 aliphatic carbocycles. The Kier molecular flexibility index (Phi) is 28.0. The summed E-state index contributed by atoms with van der Waals surface area (Å²) in [6.45, 7) is 31.3. The molecule has 25 atom stereocenters. The molecule has 1 aromatic heterocycles. The van der Waals surface area contributed by atoms with Gasteiger partial charge in [0.25, 0.3) is 0 Å². The number of allylic oxidation sites excluding steroid dienone is 2. The van der Waals surface area contributed by atoms with E-state index in [0.717, 1.165) is 50.5 Å². The van der Waals surface area contributed by atoms with E-state index >= 15 is 0 Å². The van der Waals surface area contributed by atoms with Crippen LogP contribution < -0.4 is 31.9 Å². The molecule has 3 saturated heterocycles. The fourth-order valence-electron chi connectivity index (χ4n) is 16.7.